The van der Waals surface area contributed by atoms with Gasteiger partial charge in [-0.2, -0.15) is 4.31 Å². The van der Waals surface area contributed by atoms with Crippen LogP contribution in [0.4, 0.5) is 11.4 Å². The van der Waals surface area contributed by atoms with E-state index in [1.165, 1.54) is 46.9 Å². The number of carbonyl (C=O) groups excluding carboxylic acids is 1. The van der Waals surface area contributed by atoms with Gasteiger partial charge in [0, 0.05) is 43.8 Å². The number of nitrogens with one attached hydrogen (secondary N) is 1. The SMILES string of the molecule is CCN(CC)S(=O)(=O)c1ccc(SCC(=O)Nc2ccc(N3CCCC3)cc2)nc1. The van der Waals surface area contributed by atoms with Crippen molar-refractivity contribution >= 4 is 39.1 Å². The second-order valence-corrected chi connectivity index (χ2v) is 9.93. The molecule has 1 N–H and O–H groups in total. The van der Waals surface area contributed by atoms with Crippen molar-refractivity contribution in [1.82, 2.24) is 9.29 Å². The Kier molecular flexibility index (Phi) is 7.74. The number of hydrogen-bond donors (Lipinski definition) is 1. The Bertz CT molecular complexity index is 937. The highest BCUT2D eigenvalue weighted by Crippen LogP contribution is 2.23. The third-order valence-corrected chi connectivity index (χ3v) is 8.00. The van der Waals surface area contributed by atoms with Crippen LogP contribution in [0.25, 0.3) is 0 Å². The maximum atomic E-state index is 12.5. The lowest BCUT2D eigenvalue weighted by Crippen LogP contribution is -2.30. The van der Waals surface area contributed by atoms with Crippen LogP contribution < -0.4 is 10.2 Å². The lowest BCUT2D eigenvalue weighted by molar-refractivity contribution is -0.113. The number of anilines is 2. The number of aromatic nitrogens is 1. The first-order valence-electron chi connectivity index (χ1n) is 10.2. The molecule has 7 nitrogen and oxygen atoms in total. The number of thioether (sulfide) groups is 1. The van der Waals surface area contributed by atoms with Gasteiger partial charge in [-0.3, -0.25) is 4.79 Å². The zero-order valence-electron chi connectivity index (χ0n) is 17.4. The Morgan fingerprint density at radius 3 is 2.33 bits per heavy atom. The quantitative estimate of drug-likeness (QED) is 0.592. The largest absolute Gasteiger partial charge is 0.372 e. The molecule has 1 aliphatic rings. The molecule has 1 amide bonds. The zero-order valence-corrected chi connectivity index (χ0v) is 19.0. The molecule has 9 heteroatoms. The number of sulfonamides is 1. The molecule has 0 saturated carbocycles. The second-order valence-electron chi connectivity index (χ2n) is 7.00. The van der Waals surface area contributed by atoms with Crippen LogP contribution in [0.3, 0.4) is 0 Å². The second kappa shape index (κ2) is 10.3. The van der Waals surface area contributed by atoms with Crippen molar-refractivity contribution in [2.45, 2.75) is 36.6 Å². The molecule has 0 spiro atoms. The predicted molar refractivity (Wildman–Crippen MR) is 122 cm³/mol. The van der Waals surface area contributed by atoms with Gasteiger partial charge in [0.15, 0.2) is 0 Å². The molecule has 2 heterocycles. The summed E-state index contributed by atoms with van der Waals surface area (Å²) in [6.45, 7) is 6.60. The molecule has 0 radical (unpaired) electrons. The number of rotatable bonds is 9. The summed E-state index contributed by atoms with van der Waals surface area (Å²) in [6, 6.07) is 11.1. The number of hydrogen-bond acceptors (Lipinski definition) is 6. The van der Waals surface area contributed by atoms with E-state index in [4.69, 9.17) is 0 Å². The summed E-state index contributed by atoms with van der Waals surface area (Å²) in [6.07, 6.45) is 3.81. The summed E-state index contributed by atoms with van der Waals surface area (Å²) >= 11 is 1.27. The molecule has 1 fully saturated rings. The maximum Gasteiger partial charge on any atom is 0.244 e. The van der Waals surface area contributed by atoms with Gasteiger partial charge in [0.25, 0.3) is 0 Å². The van der Waals surface area contributed by atoms with E-state index in [1.807, 2.05) is 24.3 Å². The van der Waals surface area contributed by atoms with Gasteiger partial charge in [-0.15, -0.1) is 0 Å². The van der Waals surface area contributed by atoms with Crippen LogP contribution in [0.15, 0.2) is 52.5 Å². The highest BCUT2D eigenvalue weighted by molar-refractivity contribution is 7.99. The summed E-state index contributed by atoms with van der Waals surface area (Å²) in [4.78, 5) is 19.0. The molecule has 0 atom stereocenters. The zero-order chi connectivity index (χ0) is 21.6. The summed E-state index contributed by atoms with van der Waals surface area (Å²) < 4.78 is 26.4. The highest BCUT2D eigenvalue weighted by Gasteiger charge is 2.21. The van der Waals surface area contributed by atoms with Crippen LogP contribution in [0.5, 0.6) is 0 Å². The van der Waals surface area contributed by atoms with E-state index < -0.39 is 10.0 Å². The van der Waals surface area contributed by atoms with E-state index in [1.54, 1.807) is 19.9 Å². The van der Waals surface area contributed by atoms with Crippen LogP contribution >= 0.6 is 11.8 Å². The minimum absolute atomic E-state index is 0.129. The van der Waals surface area contributed by atoms with E-state index in [0.29, 0.717) is 18.1 Å². The molecule has 1 aromatic carbocycles. The third kappa shape index (κ3) is 5.53. The summed E-state index contributed by atoms with van der Waals surface area (Å²) in [5, 5.41) is 3.49. The van der Waals surface area contributed by atoms with Crippen molar-refractivity contribution in [1.29, 1.82) is 0 Å². The van der Waals surface area contributed by atoms with Crippen LogP contribution in [-0.4, -0.2) is 55.5 Å². The molecule has 3 rings (SSSR count). The Morgan fingerprint density at radius 2 is 1.77 bits per heavy atom. The smallest absolute Gasteiger partial charge is 0.244 e. The Hall–Kier alpha value is -2.10. The van der Waals surface area contributed by atoms with Gasteiger partial charge in [-0.05, 0) is 49.2 Å². The standard InChI is InChI=1S/C21H28N4O3S2/c1-3-25(4-2)30(27,28)19-11-12-21(22-15-19)29-16-20(26)23-17-7-9-18(10-8-17)24-13-5-6-14-24/h7-12,15H,3-6,13-14,16H2,1-2H3,(H,23,26). The van der Waals surface area contributed by atoms with E-state index in [2.05, 4.69) is 15.2 Å². The Morgan fingerprint density at radius 1 is 1.10 bits per heavy atom. The fourth-order valence-corrected chi connectivity index (χ4v) is 5.43. The molecule has 162 valence electrons. The maximum absolute atomic E-state index is 12.5. The van der Waals surface area contributed by atoms with E-state index >= 15 is 0 Å². The van der Waals surface area contributed by atoms with Crippen molar-refractivity contribution < 1.29 is 13.2 Å². The Balaban J connectivity index is 1.52. The van der Waals surface area contributed by atoms with Gasteiger partial charge < -0.3 is 10.2 Å². The van der Waals surface area contributed by atoms with Crippen molar-refractivity contribution in [3.63, 3.8) is 0 Å². The first-order valence-corrected chi connectivity index (χ1v) is 12.6. The van der Waals surface area contributed by atoms with Crippen molar-refractivity contribution in [3.8, 4) is 0 Å². The van der Waals surface area contributed by atoms with E-state index in [9.17, 15) is 13.2 Å². The summed E-state index contributed by atoms with van der Waals surface area (Å²) in [7, 11) is -3.52. The third-order valence-electron chi connectivity index (χ3n) is 5.03. The molecule has 0 unspecified atom stereocenters. The molecule has 1 aromatic heterocycles. The van der Waals surface area contributed by atoms with Crippen molar-refractivity contribution in [2.75, 3.05) is 42.1 Å². The predicted octanol–water partition coefficient (Wildman–Crippen LogP) is 3.44. The Labute approximate surface area is 182 Å². The molecule has 0 aliphatic carbocycles. The monoisotopic (exact) mass is 448 g/mol. The fourth-order valence-electron chi connectivity index (χ4n) is 3.38. The minimum Gasteiger partial charge on any atom is -0.372 e. The molecule has 30 heavy (non-hydrogen) atoms. The number of carbonyl (C=O) groups is 1. The highest BCUT2D eigenvalue weighted by atomic mass is 32.2. The van der Waals surface area contributed by atoms with E-state index in [-0.39, 0.29) is 16.6 Å². The van der Waals surface area contributed by atoms with Gasteiger partial charge in [-0.1, -0.05) is 25.6 Å². The van der Waals surface area contributed by atoms with Crippen LogP contribution in [0.1, 0.15) is 26.7 Å². The number of benzene rings is 1. The lowest BCUT2D eigenvalue weighted by Gasteiger charge is -2.18. The van der Waals surface area contributed by atoms with Crippen LogP contribution in [0.2, 0.25) is 0 Å². The lowest BCUT2D eigenvalue weighted by atomic mass is 10.2. The van der Waals surface area contributed by atoms with Crippen LogP contribution in [-0.2, 0) is 14.8 Å². The van der Waals surface area contributed by atoms with Gasteiger partial charge in [0.2, 0.25) is 15.9 Å². The molecule has 0 bridgehead atoms. The van der Waals surface area contributed by atoms with Crippen molar-refractivity contribution in [3.05, 3.63) is 42.6 Å². The average molecular weight is 449 g/mol. The molecule has 2 aromatic rings. The number of amides is 1. The summed E-state index contributed by atoms with van der Waals surface area (Å²) in [5.41, 5.74) is 1.95. The first kappa shape index (κ1) is 22.6. The number of nitrogens with zero attached hydrogens (tertiary/aromatic N) is 3. The van der Waals surface area contributed by atoms with Gasteiger partial charge in [-0.25, -0.2) is 13.4 Å². The normalized spacial score (nSPS) is 14.3. The molecular formula is C21H28N4O3S2. The van der Waals surface area contributed by atoms with Crippen LogP contribution in [0, 0.1) is 0 Å². The first-order chi connectivity index (χ1) is 14.4. The van der Waals surface area contributed by atoms with Crippen molar-refractivity contribution in [2.24, 2.45) is 0 Å². The van der Waals surface area contributed by atoms with Gasteiger partial charge in [0.1, 0.15) is 4.90 Å². The topological polar surface area (TPSA) is 82.6 Å². The average Bonchev–Trinajstić information content (AvgIpc) is 3.29. The van der Waals surface area contributed by atoms with Gasteiger partial charge >= 0.3 is 0 Å². The minimum atomic E-state index is -3.52. The molecule has 1 aliphatic heterocycles. The van der Waals surface area contributed by atoms with Gasteiger partial charge in [0.05, 0.1) is 10.8 Å². The molecular weight excluding hydrogens is 420 g/mol. The molecule has 1 saturated heterocycles. The van der Waals surface area contributed by atoms with E-state index in [0.717, 1.165) is 18.8 Å². The fraction of sp³-hybridized carbons (Fsp3) is 0.429. The summed E-state index contributed by atoms with van der Waals surface area (Å²) in [5.74, 6) is 0.0683. The number of pyridine rings is 1.